The molecule has 0 atom stereocenters. The minimum atomic E-state index is -0.180. The molecule has 2 rings (SSSR count). The van der Waals surface area contributed by atoms with Gasteiger partial charge in [0.05, 0.1) is 6.54 Å². The summed E-state index contributed by atoms with van der Waals surface area (Å²) in [6.45, 7) is 4.20. The molecule has 0 aliphatic heterocycles. The Balaban J connectivity index is 2.14. The standard InChI is InChI=1S/C13H16FN3/c1-2-15-9-11-4-5-13(14)12(8-11)10-17-7-3-6-16-17/h3-8,15H,2,9-10H2,1H3. The lowest BCUT2D eigenvalue weighted by molar-refractivity contribution is 0.583. The van der Waals surface area contributed by atoms with E-state index in [1.165, 1.54) is 6.07 Å². The van der Waals surface area contributed by atoms with Crippen LogP contribution >= 0.6 is 0 Å². The quantitative estimate of drug-likeness (QED) is 0.857. The Bertz CT molecular complexity index is 466. The monoisotopic (exact) mass is 233 g/mol. The molecule has 0 fully saturated rings. The van der Waals surface area contributed by atoms with Crippen LogP contribution in [0.2, 0.25) is 0 Å². The molecule has 17 heavy (non-hydrogen) atoms. The fourth-order valence-corrected chi connectivity index (χ4v) is 1.70. The fraction of sp³-hybridized carbons (Fsp3) is 0.308. The number of rotatable bonds is 5. The van der Waals surface area contributed by atoms with Crippen LogP contribution in [0.3, 0.4) is 0 Å². The highest BCUT2D eigenvalue weighted by Gasteiger charge is 2.04. The van der Waals surface area contributed by atoms with Crippen LogP contribution in [-0.4, -0.2) is 16.3 Å². The lowest BCUT2D eigenvalue weighted by Crippen LogP contribution is -2.12. The number of hydrogen-bond donors (Lipinski definition) is 1. The SMILES string of the molecule is CCNCc1ccc(F)c(Cn2cccn2)c1. The van der Waals surface area contributed by atoms with Crippen molar-refractivity contribution in [2.75, 3.05) is 6.54 Å². The minimum Gasteiger partial charge on any atom is -0.313 e. The van der Waals surface area contributed by atoms with E-state index in [1.54, 1.807) is 10.9 Å². The summed E-state index contributed by atoms with van der Waals surface area (Å²) in [6.07, 6.45) is 3.52. The first-order chi connectivity index (χ1) is 8.29. The second kappa shape index (κ2) is 5.59. The van der Waals surface area contributed by atoms with E-state index in [0.29, 0.717) is 12.1 Å². The summed E-state index contributed by atoms with van der Waals surface area (Å²) >= 11 is 0. The highest BCUT2D eigenvalue weighted by atomic mass is 19.1. The van der Waals surface area contributed by atoms with Gasteiger partial charge in [0.1, 0.15) is 5.82 Å². The summed E-state index contributed by atoms with van der Waals surface area (Å²) in [4.78, 5) is 0. The van der Waals surface area contributed by atoms with Crippen LogP contribution in [-0.2, 0) is 13.1 Å². The van der Waals surface area contributed by atoms with Crippen molar-refractivity contribution in [3.8, 4) is 0 Å². The van der Waals surface area contributed by atoms with E-state index in [2.05, 4.69) is 10.4 Å². The topological polar surface area (TPSA) is 29.9 Å². The van der Waals surface area contributed by atoms with Crippen LogP contribution in [0.4, 0.5) is 4.39 Å². The normalized spacial score (nSPS) is 10.7. The van der Waals surface area contributed by atoms with Crippen LogP contribution in [0.15, 0.2) is 36.7 Å². The molecule has 4 heteroatoms. The van der Waals surface area contributed by atoms with Crippen molar-refractivity contribution in [2.24, 2.45) is 0 Å². The number of benzene rings is 1. The van der Waals surface area contributed by atoms with Gasteiger partial charge in [-0.15, -0.1) is 0 Å². The Labute approximate surface area is 100 Å². The van der Waals surface area contributed by atoms with Gasteiger partial charge >= 0.3 is 0 Å². The number of nitrogens with one attached hydrogen (secondary N) is 1. The summed E-state index contributed by atoms with van der Waals surface area (Å²) < 4.78 is 15.3. The van der Waals surface area contributed by atoms with Gasteiger partial charge in [0.2, 0.25) is 0 Å². The van der Waals surface area contributed by atoms with E-state index < -0.39 is 0 Å². The van der Waals surface area contributed by atoms with E-state index in [1.807, 2.05) is 31.3 Å². The van der Waals surface area contributed by atoms with Crippen LogP contribution in [0.5, 0.6) is 0 Å². The smallest absolute Gasteiger partial charge is 0.128 e. The van der Waals surface area contributed by atoms with Crippen molar-refractivity contribution in [1.82, 2.24) is 15.1 Å². The van der Waals surface area contributed by atoms with Crippen molar-refractivity contribution < 1.29 is 4.39 Å². The Morgan fingerprint density at radius 3 is 3.00 bits per heavy atom. The zero-order chi connectivity index (χ0) is 12.1. The molecule has 0 aliphatic carbocycles. The number of nitrogens with zero attached hydrogens (tertiary/aromatic N) is 2. The molecule has 90 valence electrons. The van der Waals surface area contributed by atoms with Gasteiger partial charge in [0.15, 0.2) is 0 Å². The van der Waals surface area contributed by atoms with Gasteiger partial charge in [0.25, 0.3) is 0 Å². The van der Waals surface area contributed by atoms with Gasteiger partial charge in [0, 0.05) is 24.5 Å². The van der Waals surface area contributed by atoms with Crippen LogP contribution in [0.1, 0.15) is 18.1 Å². The molecule has 1 aromatic carbocycles. The molecule has 0 unspecified atom stereocenters. The van der Waals surface area contributed by atoms with Crippen LogP contribution < -0.4 is 5.32 Å². The molecule has 0 aliphatic rings. The minimum absolute atomic E-state index is 0.180. The van der Waals surface area contributed by atoms with Crippen molar-refractivity contribution >= 4 is 0 Å². The van der Waals surface area contributed by atoms with Gasteiger partial charge in [-0.05, 0) is 30.3 Å². The lowest BCUT2D eigenvalue weighted by atomic mass is 10.1. The Morgan fingerprint density at radius 1 is 1.41 bits per heavy atom. The highest BCUT2D eigenvalue weighted by molar-refractivity contribution is 5.25. The molecular weight excluding hydrogens is 217 g/mol. The first kappa shape index (κ1) is 11.8. The van der Waals surface area contributed by atoms with Gasteiger partial charge in [-0.2, -0.15) is 5.10 Å². The molecule has 1 aromatic heterocycles. The largest absolute Gasteiger partial charge is 0.313 e. The molecule has 0 spiro atoms. The van der Waals surface area contributed by atoms with E-state index in [0.717, 1.165) is 18.7 Å². The van der Waals surface area contributed by atoms with E-state index >= 15 is 0 Å². The lowest BCUT2D eigenvalue weighted by Gasteiger charge is -2.07. The third kappa shape index (κ3) is 3.14. The zero-order valence-electron chi connectivity index (χ0n) is 9.86. The summed E-state index contributed by atoms with van der Waals surface area (Å²) in [5.41, 5.74) is 1.76. The van der Waals surface area contributed by atoms with Crippen LogP contribution in [0.25, 0.3) is 0 Å². The predicted octanol–water partition coefficient (Wildman–Crippen LogP) is 2.18. The zero-order valence-corrected chi connectivity index (χ0v) is 9.86. The molecule has 0 amide bonds. The number of hydrogen-bond acceptors (Lipinski definition) is 2. The first-order valence-corrected chi connectivity index (χ1v) is 5.75. The maximum Gasteiger partial charge on any atom is 0.128 e. The Hall–Kier alpha value is -1.68. The summed E-state index contributed by atoms with van der Waals surface area (Å²) in [6, 6.07) is 7.05. The fourth-order valence-electron chi connectivity index (χ4n) is 1.70. The number of aromatic nitrogens is 2. The van der Waals surface area contributed by atoms with Crippen molar-refractivity contribution in [3.63, 3.8) is 0 Å². The van der Waals surface area contributed by atoms with Gasteiger partial charge in [-0.3, -0.25) is 4.68 Å². The van der Waals surface area contributed by atoms with Gasteiger partial charge < -0.3 is 5.32 Å². The highest BCUT2D eigenvalue weighted by Crippen LogP contribution is 2.12. The van der Waals surface area contributed by atoms with E-state index in [9.17, 15) is 4.39 Å². The third-order valence-corrected chi connectivity index (χ3v) is 2.58. The van der Waals surface area contributed by atoms with Crippen molar-refractivity contribution in [1.29, 1.82) is 0 Å². The van der Waals surface area contributed by atoms with E-state index in [4.69, 9.17) is 0 Å². The Morgan fingerprint density at radius 2 is 2.29 bits per heavy atom. The van der Waals surface area contributed by atoms with Crippen LogP contribution in [0, 0.1) is 5.82 Å². The van der Waals surface area contributed by atoms with Gasteiger partial charge in [-0.1, -0.05) is 13.0 Å². The van der Waals surface area contributed by atoms with Gasteiger partial charge in [-0.25, -0.2) is 4.39 Å². The van der Waals surface area contributed by atoms with Crippen molar-refractivity contribution in [3.05, 3.63) is 53.6 Å². The number of halogens is 1. The maximum atomic E-state index is 13.6. The molecule has 3 nitrogen and oxygen atoms in total. The third-order valence-electron chi connectivity index (χ3n) is 2.58. The summed E-state index contributed by atoms with van der Waals surface area (Å²) in [7, 11) is 0. The molecule has 0 radical (unpaired) electrons. The molecule has 2 aromatic rings. The second-order valence-electron chi connectivity index (χ2n) is 3.91. The molecule has 1 heterocycles. The molecular formula is C13H16FN3. The molecule has 0 bridgehead atoms. The Kier molecular flexibility index (Phi) is 3.88. The summed E-state index contributed by atoms with van der Waals surface area (Å²) in [5, 5.41) is 7.30. The average Bonchev–Trinajstić information content (AvgIpc) is 2.83. The maximum absolute atomic E-state index is 13.6. The molecule has 1 N–H and O–H groups in total. The van der Waals surface area contributed by atoms with E-state index in [-0.39, 0.29) is 5.82 Å². The average molecular weight is 233 g/mol. The molecule has 0 saturated heterocycles. The van der Waals surface area contributed by atoms with Crippen molar-refractivity contribution in [2.45, 2.75) is 20.0 Å². The summed E-state index contributed by atoms with van der Waals surface area (Å²) in [5.74, 6) is -0.180. The first-order valence-electron chi connectivity index (χ1n) is 5.75. The second-order valence-corrected chi connectivity index (χ2v) is 3.91. The predicted molar refractivity (Wildman–Crippen MR) is 65.1 cm³/mol. The molecule has 0 saturated carbocycles.